The van der Waals surface area contributed by atoms with E-state index < -0.39 is 0 Å². The second kappa shape index (κ2) is 8.18. The Bertz CT molecular complexity index is 657. The van der Waals surface area contributed by atoms with Crippen molar-refractivity contribution in [2.75, 3.05) is 11.9 Å². The molecule has 0 aliphatic heterocycles. The number of anilines is 1. The summed E-state index contributed by atoms with van der Waals surface area (Å²) in [5.41, 5.74) is 3.43. The number of rotatable bonds is 8. The van der Waals surface area contributed by atoms with Crippen molar-refractivity contribution in [1.82, 2.24) is 0 Å². The van der Waals surface area contributed by atoms with Crippen LogP contribution < -0.4 is 10.1 Å². The molecule has 1 N–H and O–H groups in total. The lowest BCUT2D eigenvalue weighted by atomic mass is 10.1. The van der Waals surface area contributed by atoms with Gasteiger partial charge in [0.05, 0.1) is 13.0 Å². The zero-order valence-corrected chi connectivity index (χ0v) is 13.8. The van der Waals surface area contributed by atoms with E-state index in [1.54, 1.807) is 0 Å². The van der Waals surface area contributed by atoms with Gasteiger partial charge in [-0.05, 0) is 37.6 Å². The lowest BCUT2D eigenvalue weighted by Gasteiger charge is -2.10. The molecule has 0 amide bonds. The third kappa shape index (κ3) is 5.29. The first-order chi connectivity index (χ1) is 11.1. The molecule has 0 fully saturated rings. The predicted octanol–water partition coefficient (Wildman–Crippen LogP) is 4.98. The molecule has 0 spiro atoms. The number of carbonyl (C=O) groups is 1. The van der Waals surface area contributed by atoms with Gasteiger partial charge in [0, 0.05) is 16.9 Å². The van der Waals surface area contributed by atoms with E-state index >= 15 is 0 Å². The van der Waals surface area contributed by atoms with Gasteiger partial charge in [-0.2, -0.15) is 0 Å². The Hall–Kier alpha value is -2.55. The van der Waals surface area contributed by atoms with Crippen LogP contribution in [0.15, 0.2) is 60.8 Å². The van der Waals surface area contributed by atoms with E-state index in [9.17, 15) is 4.79 Å². The summed E-state index contributed by atoms with van der Waals surface area (Å²) >= 11 is 0. The number of hydrogen-bond donors (Lipinski definition) is 1. The Morgan fingerprint density at radius 1 is 1.09 bits per heavy atom. The fourth-order valence-electron chi connectivity index (χ4n) is 2.14. The van der Waals surface area contributed by atoms with Crippen molar-refractivity contribution in [3.63, 3.8) is 0 Å². The molecule has 0 aliphatic carbocycles. The Morgan fingerprint density at radius 3 is 2.35 bits per heavy atom. The van der Waals surface area contributed by atoms with Gasteiger partial charge in [0.25, 0.3) is 0 Å². The molecule has 0 atom stereocenters. The standard InChI is InChI=1S/C20H23NO2/c1-4-13-23-19-11-9-18(10-12-19)21-16(3)14-20(22)17-7-5-15(2)6-8-17/h5-12,21H,3-4,13-14H2,1-2H3. The van der Waals surface area contributed by atoms with E-state index in [0.717, 1.165) is 23.4 Å². The van der Waals surface area contributed by atoms with Crippen LogP contribution in [0, 0.1) is 6.92 Å². The number of allylic oxidation sites excluding steroid dienone is 1. The number of carbonyl (C=O) groups excluding carboxylic acids is 1. The maximum Gasteiger partial charge on any atom is 0.168 e. The monoisotopic (exact) mass is 309 g/mol. The second-order valence-corrected chi connectivity index (χ2v) is 5.57. The molecule has 0 heterocycles. The molecular formula is C20H23NO2. The minimum Gasteiger partial charge on any atom is -0.494 e. The van der Waals surface area contributed by atoms with E-state index in [4.69, 9.17) is 4.74 Å². The van der Waals surface area contributed by atoms with Crippen LogP contribution in [-0.4, -0.2) is 12.4 Å². The molecule has 23 heavy (non-hydrogen) atoms. The van der Waals surface area contributed by atoms with Crippen LogP contribution in [0.2, 0.25) is 0 Å². The number of aryl methyl sites for hydroxylation is 1. The SMILES string of the molecule is C=C(CC(=O)c1ccc(C)cc1)Nc1ccc(OCCC)cc1. The van der Waals surface area contributed by atoms with E-state index in [1.807, 2.05) is 55.5 Å². The largest absolute Gasteiger partial charge is 0.494 e. The van der Waals surface area contributed by atoms with Gasteiger partial charge in [0.2, 0.25) is 0 Å². The van der Waals surface area contributed by atoms with E-state index in [0.29, 0.717) is 17.9 Å². The van der Waals surface area contributed by atoms with Crippen molar-refractivity contribution in [2.24, 2.45) is 0 Å². The fourth-order valence-corrected chi connectivity index (χ4v) is 2.14. The first-order valence-electron chi connectivity index (χ1n) is 7.86. The minimum absolute atomic E-state index is 0.0606. The maximum atomic E-state index is 12.2. The number of ketones is 1. The van der Waals surface area contributed by atoms with Crippen LogP contribution in [-0.2, 0) is 0 Å². The van der Waals surface area contributed by atoms with Gasteiger partial charge in [-0.25, -0.2) is 0 Å². The maximum absolute atomic E-state index is 12.2. The van der Waals surface area contributed by atoms with Crippen molar-refractivity contribution >= 4 is 11.5 Å². The van der Waals surface area contributed by atoms with Crippen molar-refractivity contribution in [1.29, 1.82) is 0 Å². The first-order valence-corrected chi connectivity index (χ1v) is 7.86. The van der Waals surface area contributed by atoms with Crippen molar-refractivity contribution in [3.8, 4) is 5.75 Å². The summed E-state index contributed by atoms with van der Waals surface area (Å²) in [6.07, 6.45) is 1.26. The molecule has 0 radical (unpaired) electrons. The normalized spacial score (nSPS) is 10.2. The topological polar surface area (TPSA) is 38.3 Å². The molecule has 0 aliphatic rings. The number of ether oxygens (including phenoxy) is 1. The van der Waals surface area contributed by atoms with Crippen LogP contribution in [0.5, 0.6) is 5.75 Å². The summed E-state index contributed by atoms with van der Waals surface area (Å²) in [7, 11) is 0. The van der Waals surface area contributed by atoms with Gasteiger partial charge >= 0.3 is 0 Å². The summed E-state index contributed by atoms with van der Waals surface area (Å²) in [6.45, 7) is 8.73. The molecule has 2 aromatic carbocycles. The van der Waals surface area contributed by atoms with Crippen LogP contribution in [0.25, 0.3) is 0 Å². The lowest BCUT2D eigenvalue weighted by molar-refractivity contribution is 0.0993. The highest BCUT2D eigenvalue weighted by atomic mass is 16.5. The Kier molecular flexibility index (Phi) is 5.98. The molecule has 0 aromatic heterocycles. The summed E-state index contributed by atoms with van der Waals surface area (Å²) in [5, 5.41) is 3.17. The number of Topliss-reactive ketones (excluding diaryl/α,β-unsaturated/α-hetero) is 1. The zero-order valence-electron chi connectivity index (χ0n) is 13.8. The van der Waals surface area contributed by atoms with Crippen molar-refractivity contribution in [3.05, 3.63) is 71.9 Å². The zero-order chi connectivity index (χ0) is 16.7. The molecule has 0 saturated carbocycles. The van der Waals surface area contributed by atoms with Crippen LogP contribution in [0.4, 0.5) is 5.69 Å². The molecule has 0 bridgehead atoms. The second-order valence-electron chi connectivity index (χ2n) is 5.57. The van der Waals surface area contributed by atoms with Crippen molar-refractivity contribution < 1.29 is 9.53 Å². The quantitative estimate of drug-likeness (QED) is 0.699. The number of hydrogen-bond acceptors (Lipinski definition) is 3. The van der Waals surface area contributed by atoms with E-state index in [1.165, 1.54) is 0 Å². The average molecular weight is 309 g/mol. The van der Waals surface area contributed by atoms with Crippen LogP contribution in [0.1, 0.15) is 35.7 Å². The molecule has 3 nitrogen and oxygen atoms in total. The number of nitrogens with one attached hydrogen (secondary N) is 1. The Morgan fingerprint density at radius 2 is 1.74 bits per heavy atom. The first kappa shape index (κ1) is 16.8. The predicted molar refractivity (Wildman–Crippen MR) is 95.1 cm³/mol. The van der Waals surface area contributed by atoms with Gasteiger partial charge in [0.15, 0.2) is 5.78 Å². The minimum atomic E-state index is 0.0606. The average Bonchev–Trinajstić information content (AvgIpc) is 2.54. The summed E-state index contributed by atoms with van der Waals surface area (Å²) in [4.78, 5) is 12.2. The highest BCUT2D eigenvalue weighted by Gasteiger charge is 2.08. The highest BCUT2D eigenvalue weighted by molar-refractivity contribution is 5.97. The summed E-state index contributed by atoms with van der Waals surface area (Å²) < 4.78 is 5.54. The number of benzene rings is 2. The van der Waals surface area contributed by atoms with Crippen molar-refractivity contribution in [2.45, 2.75) is 26.7 Å². The van der Waals surface area contributed by atoms with Gasteiger partial charge in [0.1, 0.15) is 5.75 Å². The van der Waals surface area contributed by atoms with Gasteiger partial charge in [-0.3, -0.25) is 4.79 Å². The smallest absolute Gasteiger partial charge is 0.168 e. The molecule has 3 heteroatoms. The van der Waals surface area contributed by atoms with Gasteiger partial charge < -0.3 is 10.1 Å². The van der Waals surface area contributed by atoms with E-state index in [-0.39, 0.29) is 12.2 Å². The summed E-state index contributed by atoms with van der Waals surface area (Å²) in [5.74, 6) is 0.907. The summed E-state index contributed by atoms with van der Waals surface area (Å²) in [6, 6.07) is 15.3. The fraction of sp³-hybridized carbons (Fsp3) is 0.250. The Labute approximate surface area is 138 Å². The molecule has 0 saturated heterocycles. The lowest BCUT2D eigenvalue weighted by Crippen LogP contribution is -2.06. The van der Waals surface area contributed by atoms with Gasteiger partial charge in [-0.1, -0.05) is 43.3 Å². The Balaban J connectivity index is 1.88. The highest BCUT2D eigenvalue weighted by Crippen LogP contribution is 2.18. The van der Waals surface area contributed by atoms with Gasteiger partial charge in [-0.15, -0.1) is 0 Å². The van der Waals surface area contributed by atoms with E-state index in [2.05, 4.69) is 18.8 Å². The van der Waals surface area contributed by atoms with Crippen LogP contribution >= 0.6 is 0 Å². The molecular weight excluding hydrogens is 286 g/mol. The molecule has 0 unspecified atom stereocenters. The molecule has 120 valence electrons. The molecule has 2 aromatic rings. The third-order valence-corrected chi connectivity index (χ3v) is 3.40. The molecule has 2 rings (SSSR count). The van der Waals surface area contributed by atoms with Crippen LogP contribution in [0.3, 0.4) is 0 Å². The third-order valence-electron chi connectivity index (χ3n) is 3.40.